The number of aromatic nitrogens is 2. The highest BCUT2D eigenvalue weighted by Crippen LogP contribution is 2.07. The van der Waals surface area contributed by atoms with Crippen LogP contribution in [0.15, 0.2) is 4.79 Å². The molecule has 0 bridgehead atoms. The lowest BCUT2D eigenvalue weighted by Crippen LogP contribution is -2.28. The van der Waals surface area contributed by atoms with Crippen molar-refractivity contribution in [2.75, 3.05) is 6.61 Å². The molecule has 0 spiro atoms. The Hall–Kier alpha value is -1.69. The summed E-state index contributed by atoms with van der Waals surface area (Å²) in [5.74, 6) is 0.0965. The van der Waals surface area contributed by atoms with Gasteiger partial charge in [0.15, 0.2) is 0 Å². The van der Waals surface area contributed by atoms with E-state index in [1.54, 1.807) is 13.8 Å². The number of aromatic amines is 1. The summed E-state index contributed by atoms with van der Waals surface area (Å²) >= 11 is 0. The van der Waals surface area contributed by atoms with Crippen molar-refractivity contribution in [3.63, 3.8) is 0 Å². The van der Waals surface area contributed by atoms with E-state index in [2.05, 4.69) is 15.4 Å². The summed E-state index contributed by atoms with van der Waals surface area (Å²) in [6.07, 6.45) is 0.138. The van der Waals surface area contributed by atoms with Crippen molar-refractivity contribution in [2.24, 2.45) is 5.92 Å². The number of H-pyrrole nitrogens is 1. The summed E-state index contributed by atoms with van der Waals surface area (Å²) in [5.41, 5.74) is 3.92. The molecule has 0 unspecified atom stereocenters. The molecule has 2 N–H and O–H groups in total. The summed E-state index contributed by atoms with van der Waals surface area (Å²) in [6.45, 7) is 7.90. The van der Waals surface area contributed by atoms with Crippen molar-refractivity contribution < 1.29 is 9.63 Å². The highest BCUT2D eigenvalue weighted by Gasteiger charge is 2.11. The van der Waals surface area contributed by atoms with Crippen LogP contribution in [0.3, 0.4) is 0 Å². The van der Waals surface area contributed by atoms with Crippen LogP contribution in [0.5, 0.6) is 0 Å². The van der Waals surface area contributed by atoms with E-state index in [4.69, 9.17) is 4.84 Å². The molecule has 0 saturated carbocycles. The van der Waals surface area contributed by atoms with Crippen LogP contribution in [-0.2, 0) is 16.1 Å². The summed E-state index contributed by atoms with van der Waals surface area (Å²) < 4.78 is 0. The van der Waals surface area contributed by atoms with E-state index in [-0.39, 0.29) is 12.3 Å². The topological polar surface area (TPSA) is 84.1 Å². The second kappa shape index (κ2) is 6.30. The summed E-state index contributed by atoms with van der Waals surface area (Å²) in [6, 6.07) is 0. The van der Waals surface area contributed by atoms with Crippen LogP contribution in [0.1, 0.15) is 30.8 Å². The molecule has 100 valence electrons. The average Bonchev–Trinajstić information content (AvgIpc) is 2.22. The summed E-state index contributed by atoms with van der Waals surface area (Å²) in [4.78, 5) is 34.1. The van der Waals surface area contributed by atoms with E-state index in [0.29, 0.717) is 23.9 Å². The second-order valence-electron chi connectivity index (χ2n) is 4.64. The number of amides is 1. The maximum absolute atomic E-state index is 11.6. The van der Waals surface area contributed by atoms with Crippen molar-refractivity contribution in [3.8, 4) is 0 Å². The second-order valence-corrected chi connectivity index (χ2v) is 4.64. The largest absolute Gasteiger partial charge is 0.345 e. The van der Waals surface area contributed by atoms with Crippen molar-refractivity contribution in [3.05, 3.63) is 27.4 Å². The number of rotatable bonds is 5. The van der Waals surface area contributed by atoms with Crippen LogP contribution in [-0.4, -0.2) is 22.5 Å². The van der Waals surface area contributed by atoms with Gasteiger partial charge in [0.2, 0.25) is 5.91 Å². The minimum atomic E-state index is -0.398. The molecule has 1 aromatic heterocycles. The average molecular weight is 253 g/mol. The van der Waals surface area contributed by atoms with Gasteiger partial charge in [0, 0.05) is 17.0 Å². The molecule has 0 aromatic carbocycles. The molecule has 0 atom stereocenters. The third-order valence-corrected chi connectivity index (χ3v) is 2.39. The maximum Gasteiger partial charge on any atom is 0.345 e. The Morgan fingerprint density at radius 1 is 1.44 bits per heavy atom. The molecule has 1 amide bonds. The van der Waals surface area contributed by atoms with Gasteiger partial charge < -0.3 is 4.98 Å². The van der Waals surface area contributed by atoms with Crippen LogP contribution in [0.25, 0.3) is 0 Å². The monoisotopic (exact) mass is 253 g/mol. The van der Waals surface area contributed by atoms with E-state index in [1.165, 1.54) is 0 Å². The van der Waals surface area contributed by atoms with Crippen LogP contribution >= 0.6 is 0 Å². The molecule has 1 heterocycles. The van der Waals surface area contributed by atoms with Gasteiger partial charge in [0.05, 0.1) is 13.0 Å². The SMILES string of the molecule is Cc1nc(=O)[nH]c(C)c1CC(=O)NOCC(C)C. The van der Waals surface area contributed by atoms with Gasteiger partial charge in [0.25, 0.3) is 0 Å². The van der Waals surface area contributed by atoms with Crippen molar-refractivity contribution in [2.45, 2.75) is 34.1 Å². The number of nitrogens with one attached hydrogen (secondary N) is 2. The fraction of sp³-hybridized carbons (Fsp3) is 0.583. The molecule has 0 aliphatic carbocycles. The molecular formula is C12H19N3O3. The lowest BCUT2D eigenvalue weighted by atomic mass is 10.1. The molecule has 0 fully saturated rings. The molecule has 6 heteroatoms. The van der Waals surface area contributed by atoms with Crippen LogP contribution in [0, 0.1) is 19.8 Å². The Balaban J connectivity index is 2.62. The lowest BCUT2D eigenvalue weighted by Gasteiger charge is -2.10. The normalized spacial score (nSPS) is 10.7. The highest BCUT2D eigenvalue weighted by molar-refractivity contribution is 5.78. The van der Waals surface area contributed by atoms with E-state index in [0.717, 1.165) is 5.56 Å². The van der Waals surface area contributed by atoms with Gasteiger partial charge in [-0.05, 0) is 19.8 Å². The van der Waals surface area contributed by atoms with Crippen LogP contribution < -0.4 is 11.2 Å². The Bertz CT molecular complexity index is 454. The minimum Gasteiger partial charge on any atom is -0.310 e. The number of aryl methyl sites for hydroxylation is 2. The van der Waals surface area contributed by atoms with Gasteiger partial charge >= 0.3 is 5.69 Å². The summed E-state index contributed by atoms with van der Waals surface area (Å²) in [5, 5.41) is 0. The van der Waals surface area contributed by atoms with Gasteiger partial charge in [-0.3, -0.25) is 9.63 Å². The first-order chi connectivity index (χ1) is 8.40. The molecule has 18 heavy (non-hydrogen) atoms. The first kappa shape index (κ1) is 14.4. The number of nitrogens with zero attached hydrogens (tertiary/aromatic N) is 1. The van der Waals surface area contributed by atoms with Gasteiger partial charge in [-0.25, -0.2) is 10.3 Å². The molecule has 0 aliphatic rings. The minimum absolute atomic E-state index is 0.138. The predicted octanol–water partition coefficient (Wildman–Crippen LogP) is 0.633. The number of carbonyl (C=O) groups excluding carboxylic acids is 1. The van der Waals surface area contributed by atoms with Gasteiger partial charge in [-0.2, -0.15) is 4.98 Å². The van der Waals surface area contributed by atoms with Crippen LogP contribution in [0.2, 0.25) is 0 Å². The molecule has 0 radical (unpaired) electrons. The van der Waals surface area contributed by atoms with Crippen molar-refractivity contribution >= 4 is 5.91 Å². The number of hydrogen-bond acceptors (Lipinski definition) is 4. The third kappa shape index (κ3) is 4.29. The zero-order valence-electron chi connectivity index (χ0n) is 11.2. The van der Waals surface area contributed by atoms with E-state index in [1.807, 2.05) is 13.8 Å². The number of hydrogen-bond donors (Lipinski definition) is 2. The van der Waals surface area contributed by atoms with Gasteiger partial charge in [0.1, 0.15) is 0 Å². The Morgan fingerprint density at radius 2 is 2.11 bits per heavy atom. The third-order valence-electron chi connectivity index (χ3n) is 2.39. The number of hydroxylamine groups is 1. The standard InChI is InChI=1S/C12H19N3O3/c1-7(2)6-18-15-11(16)5-10-8(3)13-12(17)14-9(10)4/h7H,5-6H2,1-4H3,(H,15,16)(H,13,14,17). The zero-order chi connectivity index (χ0) is 13.7. The first-order valence-corrected chi connectivity index (χ1v) is 5.87. The van der Waals surface area contributed by atoms with E-state index < -0.39 is 5.69 Å². The molecule has 1 rings (SSSR count). The molecule has 6 nitrogen and oxygen atoms in total. The van der Waals surface area contributed by atoms with Gasteiger partial charge in [-0.1, -0.05) is 13.8 Å². The van der Waals surface area contributed by atoms with Gasteiger partial charge in [-0.15, -0.1) is 0 Å². The Labute approximate surface area is 106 Å². The smallest absolute Gasteiger partial charge is 0.310 e. The Kier molecular flexibility index (Phi) is 5.03. The first-order valence-electron chi connectivity index (χ1n) is 5.87. The quantitative estimate of drug-likeness (QED) is 0.754. The molecule has 1 aromatic rings. The lowest BCUT2D eigenvalue weighted by molar-refractivity contribution is -0.133. The fourth-order valence-corrected chi connectivity index (χ4v) is 1.50. The maximum atomic E-state index is 11.6. The fourth-order valence-electron chi connectivity index (χ4n) is 1.50. The molecular weight excluding hydrogens is 234 g/mol. The number of carbonyl (C=O) groups is 1. The zero-order valence-corrected chi connectivity index (χ0v) is 11.2. The molecule has 0 saturated heterocycles. The van der Waals surface area contributed by atoms with E-state index in [9.17, 15) is 9.59 Å². The van der Waals surface area contributed by atoms with Crippen LogP contribution in [0.4, 0.5) is 0 Å². The van der Waals surface area contributed by atoms with E-state index >= 15 is 0 Å². The van der Waals surface area contributed by atoms with Crippen molar-refractivity contribution in [1.82, 2.24) is 15.4 Å². The summed E-state index contributed by atoms with van der Waals surface area (Å²) in [7, 11) is 0. The molecule has 0 aliphatic heterocycles. The van der Waals surface area contributed by atoms with Crippen molar-refractivity contribution in [1.29, 1.82) is 0 Å². The predicted molar refractivity (Wildman–Crippen MR) is 67.0 cm³/mol. The Morgan fingerprint density at radius 3 is 2.67 bits per heavy atom. The highest BCUT2D eigenvalue weighted by atomic mass is 16.6.